The van der Waals surface area contributed by atoms with E-state index in [1.54, 1.807) is 31.9 Å². The molecule has 0 amide bonds. The van der Waals surface area contributed by atoms with Gasteiger partial charge in [-0.05, 0) is 6.42 Å². The molecule has 1 N–H and O–H groups in total. The van der Waals surface area contributed by atoms with Crippen LogP contribution in [0, 0.1) is 0 Å². The van der Waals surface area contributed by atoms with Crippen molar-refractivity contribution < 1.29 is 4.74 Å². The van der Waals surface area contributed by atoms with Gasteiger partial charge in [0.05, 0.1) is 7.11 Å². The highest BCUT2D eigenvalue weighted by Gasteiger charge is 2.14. The van der Waals surface area contributed by atoms with Gasteiger partial charge in [0, 0.05) is 31.3 Å². The lowest BCUT2D eigenvalue weighted by atomic mass is 10.3. The molecule has 0 unspecified atom stereocenters. The van der Waals surface area contributed by atoms with E-state index in [0.29, 0.717) is 23.1 Å². The van der Waals surface area contributed by atoms with E-state index in [2.05, 4.69) is 32.2 Å². The minimum Gasteiger partial charge on any atom is -0.479 e. The molecule has 0 bridgehead atoms. The molecular formula is C12H15N5O. The Morgan fingerprint density at radius 1 is 1.00 bits per heavy atom. The number of ether oxygens (including phenoxy) is 1. The number of hydrogen-bond acceptors (Lipinski definition) is 6. The topological polar surface area (TPSA) is 72.8 Å². The van der Waals surface area contributed by atoms with Crippen LogP contribution in [0.1, 0.15) is 13.3 Å². The molecule has 0 aliphatic rings. The fraction of sp³-hybridized carbons (Fsp3) is 0.333. The first-order valence-electron chi connectivity index (χ1n) is 5.77. The lowest BCUT2D eigenvalue weighted by Crippen LogP contribution is -2.06. The molecule has 0 atom stereocenters. The second-order valence-corrected chi connectivity index (χ2v) is 3.59. The van der Waals surface area contributed by atoms with Gasteiger partial charge in [-0.15, -0.1) is 0 Å². The van der Waals surface area contributed by atoms with Crippen molar-refractivity contribution >= 4 is 5.82 Å². The number of hydrogen-bond donors (Lipinski definition) is 1. The van der Waals surface area contributed by atoms with Gasteiger partial charge in [-0.2, -0.15) is 0 Å². The van der Waals surface area contributed by atoms with Gasteiger partial charge in [0.25, 0.3) is 0 Å². The molecule has 6 heteroatoms. The largest absolute Gasteiger partial charge is 0.479 e. The van der Waals surface area contributed by atoms with Gasteiger partial charge in [0.15, 0.2) is 11.5 Å². The Morgan fingerprint density at radius 3 is 2.39 bits per heavy atom. The van der Waals surface area contributed by atoms with Crippen LogP contribution in [0.5, 0.6) is 5.88 Å². The van der Waals surface area contributed by atoms with Gasteiger partial charge in [-0.25, -0.2) is 19.9 Å². The van der Waals surface area contributed by atoms with E-state index >= 15 is 0 Å². The highest BCUT2D eigenvalue weighted by Crippen LogP contribution is 2.27. The van der Waals surface area contributed by atoms with Crippen LogP contribution < -0.4 is 10.1 Å². The fourth-order valence-electron chi connectivity index (χ4n) is 1.52. The summed E-state index contributed by atoms with van der Waals surface area (Å²) in [4.78, 5) is 16.9. The molecule has 0 aliphatic carbocycles. The van der Waals surface area contributed by atoms with Crippen molar-refractivity contribution in [2.24, 2.45) is 0 Å². The van der Waals surface area contributed by atoms with Crippen molar-refractivity contribution in [1.82, 2.24) is 19.9 Å². The van der Waals surface area contributed by atoms with Crippen LogP contribution in [0.25, 0.3) is 11.4 Å². The Bertz CT molecular complexity index is 517. The summed E-state index contributed by atoms with van der Waals surface area (Å²) in [6, 6.07) is 0. The number of anilines is 1. The summed E-state index contributed by atoms with van der Waals surface area (Å²) in [6.45, 7) is 2.92. The van der Waals surface area contributed by atoms with Gasteiger partial charge in [-0.1, -0.05) is 6.92 Å². The predicted molar refractivity (Wildman–Crippen MR) is 68.4 cm³/mol. The minimum atomic E-state index is 0.442. The highest BCUT2D eigenvalue weighted by atomic mass is 16.5. The van der Waals surface area contributed by atoms with Crippen LogP contribution in [-0.2, 0) is 0 Å². The Hall–Kier alpha value is -2.24. The molecule has 2 aromatic heterocycles. The van der Waals surface area contributed by atoms with E-state index in [4.69, 9.17) is 4.74 Å². The standard InChI is InChI=1S/C12H15N5O/c1-3-4-15-11-9(13-5-7-16-11)10-12(18-2)17-8-6-14-10/h5-8H,3-4H2,1-2H3,(H,15,16). The fourth-order valence-corrected chi connectivity index (χ4v) is 1.52. The number of aromatic nitrogens is 4. The summed E-state index contributed by atoms with van der Waals surface area (Å²) in [5.74, 6) is 1.13. The van der Waals surface area contributed by atoms with E-state index in [-0.39, 0.29) is 0 Å². The molecule has 0 aliphatic heterocycles. The monoisotopic (exact) mass is 245 g/mol. The average Bonchev–Trinajstić information content (AvgIpc) is 2.45. The first-order chi connectivity index (χ1) is 8.86. The summed E-state index contributed by atoms with van der Waals surface area (Å²) < 4.78 is 5.19. The summed E-state index contributed by atoms with van der Waals surface area (Å²) in [5, 5.41) is 3.22. The molecule has 0 saturated carbocycles. The Kier molecular flexibility index (Phi) is 4.01. The first-order valence-corrected chi connectivity index (χ1v) is 5.77. The molecule has 6 nitrogen and oxygen atoms in total. The molecule has 0 saturated heterocycles. The van der Waals surface area contributed by atoms with Gasteiger partial charge >= 0.3 is 0 Å². The van der Waals surface area contributed by atoms with Gasteiger partial charge in [-0.3, -0.25) is 0 Å². The van der Waals surface area contributed by atoms with Crippen LogP contribution in [0.2, 0.25) is 0 Å². The van der Waals surface area contributed by atoms with E-state index in [1.807, 2.05) is 0 Å². The third-order valence-electron chi connectivity index (χ3n) is 2.32. The van der Waals surface area contributed by atoms with Crippen LogP contribution in [0.4, 0.5) is 5.82 Å². The number of nitrogens with zero attached hydrogens (tertiary/aromatic N) is 4. The Balaban J connectivity index is 2.43. The summed E-state index contributed by atoms with van der Waals surface area (Å²) in [5.41, 5.74) is 1.24. The maximum absolute atomic E-state index is 5.19. The Labute approximate surface area is 105 Å². The molecule has 0 spiro atoms. The molecule has 0 fully saturated rings. The van der Waals surface area contributed by atoms with E-state index in [0.717, 1.165) is 13.0 Å². The number of rotatable bonds is 5. The van der Waals surface area contributed by atoms with E-state index < -0.39 is 0 Å². The van der Waals surface area contributed by atoms with Crippen molar-refractivity contribution in [1.29, 1.82) is 0 Å². The lowest BCUT2D eigenvalue weighted by Gasteiger charge is -2.10. The molecule has 2 rings (SSSR count). The van der Waals surface area contributed by atoms with Crippen LogP contribution in [0.15, 0.2) is 24.8 Å². The third-order valence-corrected chi connectivity index (χ3v) is 2.32. The molecule has 18 heavy (non-hydrogen) atoms. The molecule has 2 heterocycles. The van der Waals surface area contributed by atoms with Crippen LogP contribution in [0.3, 0.4) is 0 Å². The summed E-state index contributed by atoms with van der Waals surface area (Å²) in [7, 11) is 1.56. The number of methoxy groups -OCH3 is 1. The van der Waals surface area contributed by atoms with Gasteiger partial charge in [0.1, 0.15) is 5.69 Å². The molecule has 0 radical (unpaired) electrons. The van der Waals surface area contributed by atoms with E-state index in [1.165, 1.54) is 0 Å². The molecular weight excluding hydrogens is 230 g/mol. The second-order valence-electron chi connectivity index (χ2n) is 3.59. The quantitative estimate of drug-likeness (QED) is 0.865. The van der Waals surface area contributed by atoms with Crippen molar-refractivity contribution in [3.05, 3.63) is 24.8 Å². The van der Waals surface area contributed by atoms with Crippen molar-refractivity contribution in [3.8, 4) is 17.3 Å². The maximum Gasteiger partial charge on any atom is 0.242 e. The summed E-state index contributed by atoms with van der Waals surface area (Å²) in [6.07, 6.45) is 7.46. The zero-order chi connectivity index (χ0) is 12.8. The minimum absolute atomic E-state index is 0.442. The normalized spacial score (nSPS) is 10.1. The average molecular weight is 245 g/mol. The smallest absolute Gasteiger partial charge is 0.242 e. The van der Waals surface area contributed by atoms with Gasteiger partial charge < -0.3 is 10.1 Å². The van der Waals surface area contributed by atoms with Crippen LogP contribution in [-0.4, -0.2) is 33.6 Å². The third kappa shape index (κ3) is 2.53. The van der Waals surface area contributed by atoms with Crippen LogP contribution >= 0.6 is 0 Å². The first kappa shape index (κ1) is 12.2. The zero-order valence-electron chi connectivity index (χ0n) is 10.4. The van der Waals surface area contributed by atoms with Gasteiger partial charge in [0.2, 0.25) is 5.88 Å². The SMILES string of the molecule is CCCNc1nccnc1-c1nccnc1OC. The predicted octanol–water partition coefficient (Wildman–Crippen LogP) is 1.76. The maximum atomic E-state index is 5.19. The molecule has 94 valence electrons. The highest BCUT2D eigenvalue weighted by molar-refractivity contribution is 5.71. The van der Waals surface area contributed by atoms with Crippen molar-refractivity contribution in [2.75, 3.05) is 19.0 Å². The molecule has 2 aromatic rings. The second kappa shape index (κ2) is 5.90. The molecule has 0 aromatic carbocycles. The summed E-state index contributed by atoms with van der Waals surface area (Å²) >= 11 is 0. The Morgan fingerprint density at radius 2 is 1.67 bits per heavy atom. The lowest BCUT2D eigenvalue weighted by molar-refractivity contribution is 0.397. The van der Waals surface area contributed by atoms with Crippen molar-refractivity contribution in [2.45, 2.75) is 13.3 Å². The van der Waals surface area contributed by atoms with Crippen molar-refractivity contribution in [3.63, 3.8) is 0 Å². The zero-order valence-corrected chi connectivity index (χ0v) is 10.4. The van der Waals surface area contributed by atoms with E-state index in [9.17, 15) is 0 Å². The number of nitrogens with one attached hydrogen (secondary N) is 1.